The van der Waals surface area contributed by atoms with Gasteiger partial charge in [0.05, 0.1) is 18.2 Å². The lowest BCUT2D eigenvalue weighted by Crippen LogP contribution is -2.07. The average molecular weight is 347 g/mol. The van der Waals surface area contributed by atoms with E-state index in [4.69, 9.17) is 21.1 Å². The molecular formula is C19H19ClO4. The topological polar surface area (TPSA) is 55.8 Å². The molecule has 0 fully saturated rings. The number of carbonyl (C=O) groups is 1. The predicted octanol–water partition coefficient (Wildman–Crippen LogP) is 4.74. The lowest BCUT2D eigenvalue weighted by atomic mass is 10.1. The first kappa shape index (κ1) is 17.9. The highest BCUT2D eigenvalue weighted by atomic mass is 35.5. The maximum atomic E-state index is 12.1. The molecule has 0 radical (unpaired) electrons. The Bertz CT molecular complexity index is 766. The van der Waals surface area contributed by atoms with Crippen LogP contribution in [-0.4, -0.2) is 24.1 Å². The molecule has 0 aliphatic carbocycles. The Morgan fingerprint density at radius 2 is 2.00 bits per heavy atom. The van der Waals surface area contributed by atoms with Gasteiger partial charge in [-0.1, -0.05) is 29.8 Å². The molecule has 24 heavy (non-hydrogen) atoms. The molecule has 1 N–H and O–H groups in total. The number of methoxy groups -OCH3 is 1. The second-order valence-electron chi connectivity index (χ2n) is 5.45. The highest BCUT2D eigenvalue weighted by Crippen LogP contribution is 2.37. The fourth-order valence-corrected chi connectivity index (χ4v) is 2.38. The second kappa shape index (κ2) is 7.88. The zero-order valence-electron chi connectivity index (χ0n) is 13.7. The molecule has 0 aromatic heterocycles. The van der Waals surface area contributed by atoms with Crippen LogP contribution in [0.3, 0.4) is 0 Å². The number of carbonyl (C=O) groups excluding carboxylic acids is 1. The Kier molecular flexibility index (Phi) is 5.88. The average Bonchev–Trinajstić information content (AvgIpc) is 2.54. The van der Waals surface area contributed by atoms with Crippen LogP contribution in [0.5, 0.6) is 17.2 Å². The van der Waals surface area contributed by atoms with Gasteiger partial charge >= 0.3 is 0 Å². The third-order valence-corrected chi connectivity index (χ3v) is 3.44. The number of allylic oxidation sites excluding steroid dienone is 1. The van der Waals surface area contributed by atoms with E-state index in [1.165, 1.54) is 25.3 Å². The van der Waals surface area contributed by atoms with Crippen molar-refractivity contribution >= 4 is 23.5 Å². The molecule has 0 heterocycles. The number of ketones is 1. The van der Waals surface area contributed by atoms with Crippen LogP contribution >= 0.6 is 11.6 Å². The molecule has 5 heteroatoms. The van der Waals surface area contributed by atoms with E-state index < -0.39 is 0 Å². The molecule has 0 spiro atoms. The summed E-state index contributed by atoms with van der Waals surface area (Å²) in [6.07, 6.45) is 3.02. The third kappa shape index (κ3) is 4.52. The number of hydrogen-bond donors (Lipinski definition) is 1. The third-order valence-electron chi connectivity index (χ3n) is 3.16. The Balaban J connectivity index is 2.26. The van der Waals surface area contributed by atoms with E-state index >= 15 is 0 Å². The van der Waals surface area contributed by atoms with Crippen molar-refractivity contribution in [3.63, 3.8) is 0 Å². The van der Waals surface area contributed by atoms with Crippen molar-refractivity contribution in [3.05, 3.63) is 58.6 Å². The van der Waals surface area contributed by atoms with Gasteiger partial charge in [0, 0.05) is 5.56 Å². The first-order valence-electron chi connectivity index (χ1n) is 7.46. The fourth-order valence-electron chi connectivity index (χ4n) is 2.11. The second-order valence-corrected chi connectivity index (χ2v) is 5.86. The molecule has 0 aliphatic rings. The summed E-state index contributed by atoms with van der Waals surface area (Å²) in [6.45, 7) is 3.80. The van der Waals surface area contributed by atoms with E-state index in [1.54, 1.807) is 30.3 Å². The summed E-state index contributed by atoms with van der Waals surface area (Å²) < 4.78 is 11.0. The Morgan fingerprint density at radius 3 is 2.62 bits per heavy atom. The van der Waals surface area contributed by atoms with E-state index in [1.807, 2.05) is 13.8 Å². The molecule has 4 nitrogen and oxygen atoms in total. The largest absolute Gasteiger partial charge is 0.508 e. The monoisotopic (exact) mass is 346 g/mol. The minimum absolute atomic E-state index is 0.0369. The number of aromatic hydroxyl groups is 1. The lowest BCUT2D eigenvalue weighted by Gasteiger charge is -2.15. The SMILES string of the molecule is COc1cc(/C=C/C(=O)c2cccc(O)c2)cc(Cl)c1OC(C)C. The molecule has 0 aliphatic heterocycles. The van der Waals surface area contributed by atoms with E-state index in [-0.39, 0.29) is 17.6 Å². The van der Waals surface area contributed by atoms with Gasteiger partial charge in [-0.15, -0.1) is 0 Å². The lowest BCUT2D eigenvalue weighted by molar-refractivity contribution is 0.104. The Hall–Kier alpha value is -2.46. The summed E-state index contributed by atoms with van der Waals surface area (Å²) in [5.74, 6) is 0.809. The number of ether oxygens (including phenoxy) is 2. The van der Waals surface area contributed by atoms with Crippen molar-refractivity contribution in [1.29, 1.82) is 0 Å². The molecule has 0 bridgehead atoms. The van der Waals surface area contributed by atoms with Gasteiger partial charge in [-0.05, 0) is 49.8 Å². The molecule has 0 saturated heterocycles. The summed E-state index contributed by atoms with van der Waals surface area (Å²) >= 11 is 6.25. The summed E-state index contributed by atoms with van der Waals surface area (Å²) in [5.41, 5.74) is 1.12. The van der Waals surface area contributed by atoms with Crippen molar-refractivity contribution in [1.82, 2.24) is 0 Å². The number of benzene rings is 2. The normalized spacial score (nSPS) is 11.0. The van der Waals surface area contributed by atoms with Gasteiger partial charge in [-0.25, -0.2) is 0 Å². The van der Waals surface area contributed by atoms with E-state index in [0.717, 1.165) is 0 Å². The van der Waals surface area contributed by atoms with Crippen LogP contribution in [0.25, 0.3) is 6.08 Å². The molecule has 0 atom stereocenters. The van der Waals surface area contributed by atoms with Gasteiger partial charge in [-0.2, -0.15) is 0 Å². The maximum absolute atomic E-state index is 12.1. The van der Waals surface area contributed by atoms with Crippen LogP contribution < -0.4 is 9.47 Å². The molecule has 0 amide bonds. The van der Waals surface area contributed by atoms with Gasteiger partial charge in [0.1, 0.15) is 5.75 Å². The Morgan fingerprint density at radius 1 is 1.25 bits per heavy atom. The summed E-state index contributed by atoms with van der Waals surface area (Å²) in [5, 5.41) is 9.84. The van der Waals surface area contributed by atoms with Gasteiger partial charge in [0.2, 0.25) is 0 Å². The van der Waals surface area contributed by atoms with Gasteiger partial charge in [-0.3, -0.25) is 4.79 Å². The highest BCUT2D eigenvalue weighted by Gasteiger charge is 2.13. The molecule has 0 saturated carbocycles. The quantitative estimate of drug-likeness (QED) is 0.606. The fraction of sp³-hybridized carbons (Fsp3) is 0.211. The number of hydrogen-bond acceptors (Lipinski definition) is 4. The predicted molar refractivity (Wildman–Crippen MR) is 95.2 cm³/mol. The van der Waals surface area contributed by atoms with Crippen LogP contribution in [0.15, 0.2) is 42.5 Å². The van der Waals surface area contributed by atoms with E-state index in [9.17, 15) is 9.90 Å². The number of phenolic OH excluding ortho intramolecular Hbond substituents is 1. The van der Waals surface area contributed by atoms with Crippen LogP contribution in [0.1, 0.15) is 29.8 Å². The molecule has 2 aromatic rings. The van der Waals surface area contributed by atoms with Crippen molar-refractivity contribution in [2.24, 2.45) is 0 Å². The van der Waals surface area contributed by atoms with Crippen LogP contribution in [0.2, 0.25) is 5.02 Å². The van der Waals surface area contributed by atoms with Gasteiger partial charge < -0.3 is 14.6 Å². The van der Waals surface area contributed by atoms with Crippen molar-refractivity contribution in [2.75, 3.05) is 7.11 Å². The van der Waals surface area contributed by atoms with Crippen molar-refractivity contribution in [3.8, 4) is 17.2 Å². The number of rotatable bonds is 6. The molecule has 126 valence electrons. The summed E-state index contributed by atoms with van der Waals surface area (Å²) in [6, 6.07) is 9.64. The molecular weight excluding hydrogens is 328 g/mol. The highest BCUT2D eigenvalue weighted by molar-refractivity contribution is 6.32. The zero-order valence-corrected chi connectivity index (χ0v) is 14.5. The van der Waals surface area contributed by atoms with Crippen molar-refractivity contribution in [2.45, 2.75) is 20.0 Å². The first-order chi connectivity index (χ1) is 11.4. The van der Waals surface area contributed by atoms with Crippen LogP contribution in [0.4, 0.5) is 0 Å². The molecule has 0 unspecified atom stereocenters. The minimum atomic E-state index is -0.219. The smallest absolute Gasteiger partial charge is 0.185 e. The van der Waals surface area contributed by atoms with E-state index in [2.05, 4.69) is 0 Å². The number of phenols is 1. The van der Waals surface area contributed by atoms with Gasteiger partial charge in [0.25, 0.3) is 0 Å². The van der Waals surface area contributed by atoms with Gasteiger partial charge in [0.15, 0.2) is 17.3 Å². The number of halogens is 1. The minimum Gasteiger partial charge on any atom is -0.508 e. The van der Waals surface area contributed by atoms with E-state index in [0.29, 0.717) is 27.6 Å². The standard InChI is InChI=1S/C19H19ClO4/c1-12(2)24-19-16(20)9-13(10-18(19)23-3)7-8-17(22)14-5-4-6-15(21)11-14/h4-12,21H,1-3H3/b8-7+. The molecule has 2 rings (SSSR count). The van der Waals surface area contributed by atoms with Crippen LogP contribution in [-0.2, 0) is 0 Å². The van der Waals surface area contributed by atoms with Crippen molar-refractivity contribution < 1.29 is 19.4 Å². The first-order valence-corrected chi connectivity index (χ1v) is 7.84. The summed E-state index contributed by atoms with van der Waals surface area (Å²) in [7, 11) is 1.53. The Labute approximate surface area is 146 Å². The molecule has 2 aromatic carbocycles. The maximum Gasteiger partial charge on any atom is 0.185 e. The van der Waals surface area contributed by atoms with Crippen LogP contribution in [0, 0.1) is 0 Å². The summed E-state index contributed by atoms with van der Waals surface area (Å²) in [4.78, 5) is 12.1. The zero-order chi connectivity index (χ0) is 17.7.